The molecule has 0 bridgehead atoms. The Kier molecular flexibility index (Phi) is 2.42. The first-order valence-corrected chi connectivity index (χ1v) is 3.19. The van der Waals surface area contributed by atoms with Crippen LogP contribution in [0.25, 0.3) is 0 Å². The van der Waals surface area contributed by atoms with E-state index in [0.717, 1.165) is 5.57 Å². The molecular formula is C10H9+. The topological polar surface area (TPSA) is 0 Å². The summed E-state index contributed by atoms with van der Waals surface area (Å²) in [6, 6.07) is 0. The normalized spacial score (nSPS) is 15.0. The number of allylic oxidation sites excluding steroid dienone is 9. The maximum atomic E-state index is 3.58. The van der Waals surface area contributed by atoms with Gasteiger partial charge in [-0.25, -0.2) is 0 Å². The third-order valence-corrected chi connectivity index (χ3v) is 1.14. The summed E-state index contributed by atoms with van der Waals surface area (Å²) in [4.78, 5) is 0. The molecule has 0 nitrogen and oxygen atoms in total. The summed E-state index contributed by atoms with van der Waals surface area (Å²) in [6.45, 7) is 3.58. The first-order valence-electron chi connectivity index (χ1n) is 3.19. The van der Waals surface area contributed by atoms with Crippen LogP contribution >= 0.6 is 0 Å². The zero-order valence-electron chi connectivity index (χ0n) is 5.75. The van der Waals surface area contributed by atoms with Crippen molar-refractivity contribution in [2.75, 3.05) is 0 Å². The van der Waals surface area contributed by atoms with E-state index in [4.69, 9.17) is 0 Å². The average Bonchev–Trinajstić information content (AvgIpc) is 2.03. The van der Waals surface area contributed by atoms with Crippen molar-refractivity contribution in [3.05, 3.63) is 60.8 Å². The van der Waals surface area contributed by atoms with Gasteiger partial charge in [0.25, 0.3) is 0 Å². The van der Waals surface area contributed by atoms with Gasteiger partial charge in [0.15, 0.2) is 0 Å². The summed E-state index contributed by atoms with van der Waals surface area (Å²) >= 11 is 0. The fourth-order valence-electron chi connectivity index (χ4n) is 0.683. The molecule has 1 rings (SSSR count). The van der Waals surface area contributed by atoms with E-state index in [-0.39, 0.29) is 0 Å². The zero-order valence-corrected chi connectivity index (χ0v) is 5.75. The van der Waals surface area contributed by atoms with Gasteiger partial charge >= 0.3 is 0 Å². The summed E-state index contributed by atoms with van der Waals surface area (Å²) < 4.78 is 0. The molecule has 48 valence electrons. The SMILES string of the molecule is C=C/C=C/C1=CC=CC=[C+]1. The second-order valence-corrected chi connectivity index (χ2v) is 1.91. The Morgan fingerprint density at radius 3 is 2.90 bits per heavy atom. The Bertz CT molecular complexity index is 224. The molecule has 0 amide bonds. The van der Waals surface area contributed by atoms with Crippen molar-refractivity contribution in [2.24, 2.45) is 0 Å². The second kappa shape index (κ2) is 3.60. The minimum absolute atomic E-state index is 1.09. The Morgan fingerprint density at radius 1 is 1.40 bits per heavy atom. The van der Waals surface area contributed by atoms with Crippen LogP contribution in [-0.4, -0.2) is 0 Å². The molecule has 0 spiro atoms. The van der Waals surface area contributed by atoms with Crippen LogP contribution in [0.1, 0.15) is 0 Å². The molecule has 1 aliphatic rings. The Morgan fingerprint density at radius 2 is 2.30 bits per heavy atom. The summed E-state index contributed by atoms with van der Waals surface area (Å²) in [5.74, 6) is 0. The quantitative estimate of drug-likeness (QED) is 0.397. The highest BCUT2D eigenvalue weighted by Crippen LogP contribution is 2.03. The van der Waals surface area contributed by atoms with Crippen LogP contribution in [-0.2, 0) is 0 Å². The fourth-order valence-corrected chi connectivity index (χ4v) is 0.683. The van der Waals surface area contributed by atoms with Crippen molar-refractivity contribution in [1.29, 1.82) is 0 Å². The molecule has 0 unspecified atom stereocenters. The van der Waals surface area contributed by atoms with Crippen LogP contribution in [0.15, 0.2) is 54.7 Å². The predicted octanol–water partition coefficient (Wildman–Crippen LogP) is 2.58. The second-order valence-electron chi connectivity index (χ2n) is 1.91. The molecule has 0 aromatic carbocycles. The van der Waals surface area contributed by atoms with Crippen molar-refractivity contribution in [3.63, 3.8) is 0 Å². The van der Waals surface area contributed by atoms with E-state index >= 15 is 0 Å². The van der Waals surface area contributed by atoms with Crippen molar-refractivity contribution in [1.82, 2.24) is 0 Å². The van der Waals surface area contributed by atoms with E-state index in [2.05, 4.69) is 12.7 Å². The van der Waals surface area contributed by atoms with Crippen molar-refractivity contribution < 1.29 is 0 Å². The van der Waals surface area contributed by atoms with Gasteiger partial charge in [-0.3, -0.25) is 0 Å². The molecule has 0 heteroatoms. The molecule has 10 heavy (non-hydrogen) atoms. The van der Waals surface area contributed by atoms with Crippen LogP contribution in [0.2, 0.25) is 0 Å². The highest BCUT2D eigenvalue weighted by Gasteiger charge is 1.95. The highest BCUT2D eigenvalue weighted by molar-refractivity contribution is 5.36. The predicted molar refractivity (Wildman–Crippen MR) is 44.4 cm³/mol. The van der Waals surface area contributed by atoms with Crippen molar-refractivity contribution >= 4 is 0 Å². The number of hydrogen-bond donors (Lipinski definition) is 0. The number of rotatable bonds is 2. The van der Waals surface area contributed by atoms with Gasteiger partial charge in [0.05, 0.1) is 6.08 Å². The minimum atomic E-state index is 1.09. The summed E-state index contributed by atoms with van der Waals surface area (Å²) in [7, 11) is 0. The van der Waals surface area contributed by atoms with Gasteiger partial charge in [0.2, 0.25) is 0 Å². The molecule has 0 N–H and O–H groups in total. The Balaban J connectivity index is 2.66. The molecular weight excluding hydrogens is 120 g/mol. The van der Waals surface area contributed by atoms with E-state index < -0.39 is 0 Å². The lowest BCUT2D eigenvalue weighted by Gasteiger charge is -1.82. The molecule has 0 fully saturated rings. The lowest BCUT2D eigenvalue weighted by Crippen LogP contribution is -1.73. The van der Waals surface area contributed by atoms with Gasteiger partial charge in [-0.15, -0.1) is 0 Å². The first kappa shape index (κ1) is 6.73. The number of hydrogen-bond acceptors (Lipinski definition) is 0. The van der Waals surface area contributed by atoms with Crippen LogP contribution in [0.3, 0.4) is 0 Å². The molecule has 0 radical (unpaired) electrons. The van der Waals surface area contributed by atoms with E-state index in [1.807, 2.05) is 36.5 Å². The molecule has 0 atom stereocenters. The maximum Gasteiger partial charge on any atom is 0.147 e. The molecule has 1 aliphatic carbocycles. The highest BCUT2D eigenvalue weighted by atomic mass is 13.9. The van der Waals surface area contributed by atoms with E-state index in [1.54, 1.807) is 6.08 Å². The van der Waals surface area contributed by atoms with Crippen LogP contribution in [0.4, 0.5) is 0 Å². The smallest absolute Gasteiger partial charge is 0.0982 e. The van der Waals surface area contributed by atoms with Crippen molar-refractivity contribution in [2.45, 2.75) is 0 Å². The van der Waals surface area contributed by atoms with Gasteiger partial charge in [-0.05, 0) is 6.08 Å². The standard InChI is InChI=1S/C10H9/c1-2-3-7-10-8-5-4-6-9-10/h2-8H,1H2/q+1/b7-3+. The lowest BCUT2D eigenvalue weighted by atomic mass is 10.1. The average molecular weight is 129 g/mol. The molecule has 0 saturated carbocycles. The monoisotopic (exact) mass is 129 g/mol. The maximum absolute atomic E-state index is 3.58. The van der Waals surface area contributed by atoms with Gasteiger partial charge in [0, 0.05) is 30.4 Å². The van der Waals surface area contributed by atoms with E-state index in [0.29, 0.717) is 0 Å². The van der Waals surface area contributed by atoms with Gasteiger partial charge in [-0.1, -0.05) is 12.7 Å². The third kappa shape index (κ3) is 1.85. The van der Waals surface area contributed by atoms with Crippen LogP contribution in [0, 0.1) is 6.08 Å². The first-order chi connectivity index (χ1) is 4.93. The van der Waals surface area contributed by atoms with Crippen LogP contribution < -0.4 is 0 Å². The minimum Gasteiger partial charge on any atom is -0.0982 e. The Hall–Kier alpha value is -1.39. The summed E-state index contributed by atoms with van der Waals surface area (Å²) in [6.07, 6.45) is 16.5. The van der Waals surface area contributed by atoms with Crippen molar-refractivity contribution in [3.8, 4) is 0 Å². The molecule has 0 aliphatic heterocycles. The van der Waals surface area contributed by atoms with Crippen LogP contribution in [0.5, 0.6) is 0 Å². The third-order valence-electron chi connectivity index (χ3n) is 1.14. The summed E-state index contributed by atoms with van der Waals surface area (Å²) in [5.41, 5.74) is 1.09. The van der Waals surface area contributed by atoms with E-state index in [1.165, 1.54) is 0 Å². The molecule has 0 saturated heterocycles. The molecule has 0 aromatic rings. The van der Waals surface area contributed by atoms with Gasteiger partial charge in [-0.2, -0.15) is 0 Å². The lowest BCUT2D eigenvalue weighted by molar-refractivity contribution is 1.59. The molecule has 0 aromatic heterocycles. The van der Waals surface area contributed by atoms with Gasteiger partial charge in [0.1, 0.15) is 5.57 Å². The Labute approximate surface area is 61.6 Å². The molecule has 0 heterocycles. The summed E-state index contributed by atoms with van der Waals surface area (Å²) in [5, 5.41) is 0. The largest absolute Gasteiger partial charge is 0.147 e. The fraction of sp³-hybridized carbons (Fsp3) is 0. The zero-order chi connectivity index (χ0) is 7.23. The van der Waals surface area contributed by atoms with Gasteiger partial charge < -0.3 is 0 Å². The van der Waals surface area contributed by atoms with E-state index in [9.17, 15) is 0 Å².